The van der Waals surface area contributed by atoms with Crippen LogP contribution in [-0.2, 0) is 4.57 Å². The molecular weight excluding hydrogens is 469 g/mol. The van der Waals surface area contributed by atoms with Gasteiger partial charge in [0.25, 0.3) is 0 Å². The van der Waals surface area contributed by atoms with Crippen molar-refractivity contribution in [2.75, 3.05) is 24.0 Å². The van der Waals surface area contributed by atoms with Crippen molar-refractivity contribution in [2.45, 2.75) is 0 Å². The van der Waals surface area contributed by atoms with E-state index in [1.165, 1.54) is 6.20 Å². The van der Waals surface area contributed by atoms with Crippen molar-refractivity contribution in [2.24, 2.45) is 0 Å². The summed E-state index contributed by atoms with van der Waals surface area (Å²) in [6.07, 6.45) is 5.00. The van der Waals surface area contributed by atoms with Crippen molar-refractivity contribution in [1.29, 1.82) is 0 Å². The summed E-state index contributed by atoms with van der Waals surface area (Å²) in [6, 6.07) is 17.1. The molecule has 0 unspecified atom stereocenters. The van der Waals surface area contributed by atoms with Crippen LogP contribution in [0.5, 0.6) is 0 Å². The number of rotatable bonds is 6. The van der Waals surface area contributed by atoms with Gasteiger partial charge in [-0.1, -0.05) is 23.7 Å². The van der Waals surface area contributed by atoms with Gasteiger partial charge >= 0.3 is 0 Å². The van der Waals surface area contributed by atoms with Gasteiger partial charge in [0.15, 0.2) is 5.82 Å². The smallest absolute Gasteiger partial charge is 0.229 e. The van der Waals surface area contributed by atoms with Gasteiger partial charge in [-0.3, -0.25) is 10.1 Å². The maximum atomic E-state index is 12.7. The van der Waals surface area contributed by atoms with Crippen LogP contribution in [0.25, 0.3) is 22.2 Å². The van der Waals surface area contributed by atoms with Crippen molar-refractivity contribution in [3.63, 3.8) is 0 Å². The van der Waals surface area contributed by atoms with E-state index in [-0.39, 0.29) is 0 Å². The summed E-state index contributed by atoms with van der Waals surface area (Å²) < 4.78 is 12.7. The molecule has 3 N–H and O–H groups in total. The number of fused-ring (bicyclic) bond motifs is 1. The predicted molar refractivity (Wildman–Crippen MR) is 138 cm³/mol. The van der Waals surface area contributed by atoms with E-state index >= 15 is 0 Å². The van der Waals surface area contributed by atoms with Gasteiger partial charge in [0, 0.05) is 34.3 Å². The lowest BCUT2D eigenvalue weighted by Gasteiger charge is -2.15. The molecule has 0 saturated heterocycles. The Balaban J connectivity index is 1.45. The molecule has 0 saturated carbocycles. The number of aromatic nitrogens is 5. The van der Waals surface area contributed by atoms with Crippen LogP contribution in [0.3, 0.4) is 0 Å². The van der Waals surface area contributed by atoms with Gasteiger partial charge in [-0.2, -0.15) is 10.1 Å². The minimum atomic E-state index is -2.50. The summed E-state index contributed by atoms with van der Waals surface area (Å²) in [4.78, 5) is 12.9. The Morgan fingerprint density at radius 3 is 2.59 bits per heavy atom. The number of para-hydroxylation sites is 1. The average molecular weight is 490 g/mol. The fourth-order valence-corrected chi connectivity index (χ4v) is 4.94. The molecule has 0 aliphatic rings. The van der Waals surface area contributed by atoms with Gasteiger partial charge in [0.1, 0.15) is 17.9 Å². The van der Waals surface area contributed by atoms with Crippen LogP contribution in [0.2, 0.25) is 5.02 Å². The Labute approximate surface area is 201 Å². The van der Waals surface area contributed by atoms with Crippen LogP contribution in [0.4, 0.5) is 23.1 Å². The summed E-state index contributed by atoms with van der Waals surface area (Å²) >= 11 is 6.37. The van der Waals surface area contributed by atoms with Gasteiger partial charge in [0.2, 0.25) is 5.95 Å². The molecule has 10 heteroatoms. The van der Waals surface area contributed by atoms with Gasteiger partial charge in [0.05, 0.1) is 17.4 Å². The van der Waals surface area contributed by atoms with Crippen molar-refractivity contribution in [1.82, 2.24) is 25.1 Å². The summed E-state index contributed by atoms with van der Waals surface area (Å²) in [7, 11) is -2.50. The lowest BCUT2D eigenvalue weighted by molar-refractivity contribution is 0.588. The van der Waals surface area contributed by atoms with Gasteiger partial charge in [-0.25, -0.2) is 4.98 Å². The first kappa shape index (κ1) is 22.1. The summed E-state index contributed by atoms with van der Waals surface area (Å²) in [5.74, 6) is 0.788. The molecular formula is C24H21ClN7OP. The normalized spacial score (nSPS) is 11.5. The van der Waals surface area contributed by atoms with Crippen molar-refractivity contribution >= 4 is 58.1 Å². The number of anilines is 4. The number of halogens is 1. The Morgan fingerprint density at radius 2 is 1.79 bits per heavy atom. The fraction of sp³-hybridized carbons (Fsp3) is 0.0833. The third-order valence-electron chi connectivity index (χ3n) is 5.25. The number of benzene rings is 2. The summed E-state index contributed by atoms with van der Waals surface area (Å²) in [5, 5.41) is 16.0. The number of pyridine rings is 1. The second-order valence-corrected chi connectivity index (χ2v) is 11.7. The monoisotopic (exact) mass is 489 g/mol. The molecule has 170 valence electrons. The molecule has 3 aromatic heterocycles. The van der Waals surface area contributed by atoms with E-state index in [4.69, 9.17) is 11.6 Å². The van der Waals surface area contributed by atoms with Gasteiger partial charge in [-0.15, -0.1) is 0 Å². The Morgan fingerprint density at radius 1 is 1.00 bits per heavy atom. The predicted octanol–water partition coefficient (Wildman–Crippen LogP) is 5.80. The topological polar surface area (TPSA) is 108 Å². The molecule has 0 radical (unpaired) electrons. The van der Waals surface area contributed by atoms with Crippen LogP contribution in [0, 0.1) is 0 Å². The van der Waals surface area contributed by atoms with Gasteiger partial charge < -0.3 is 15.2 Å². The highest BCUT2D eigenvalue weighted by Gasteiger charge is 2.17. The number of nitrogens with one attached hydrogen (secondary N) is 3. The molecule has 0 bridgehead atoms. The van der Waals surface area contributed by atoms with Crippen molar-refractivity contribution in [3.8, 4) is 11.3 Å². The molecule has 3 heterocycles. The first-order valence-electron chi connectivity index (χ1n) is 10.5. The van der Waals surface area contributed by atoms with Crippen LogP contribution in [0.1, 0.15) is 0 Å². The lowest BCUT2D eigenvalue weighted by Crippen LogP contribution is -2.10. The molecule has 0 fully saturated rings. The number of aromatic amines is 1. The maximum Gasteiger partial charge on any atom is 0.229 e. The Hall–Kier alpha value is -3.74. The lowest BCUT2D eigenvalue weighted by atomic mass is 10.1. The third kappa shape index (κ3) is 4.51. The largest absolute Gasteiger partial charge is 0.338 e. The quantitative estimate of drug-likeness (QED) is 0.258. The van der Waals surface area contributed by atoms with Crippen LogP contribution >= 0.6 is 18.7 Å². The van der Waals surface area contributed by atoms with E-state index in [0.29, 0.717) is 22.5 Å². The molecule has 8 nitrogen and oxygen atoms in total. The van der Waals surface area contributed by atoms with E-state index in [1.807, 2.05) is 54.6 Å². The molecule has 0 aliphatic carbocycles. The first-order chi connectivity index (χ1) is 16.4. The number of nitrogens with zero attached hydrogens (tertiary/aromatic N) is 4. The average Bonchev–Trinajstić information content (AvgIpc) is 3.25. The highest BCUT2D eigenvalue weighted by Crippen LogP contribution is 2.38. The zero-order valence-corrected chi connectivity index (χ0v) is 20.1. The van der Waals surface area contributed by atoms with Gasteiger partial charge in [-0.05, 0) is 55.8 Å². The number of hydrogen-bond acceptors (Lipinski definition) is 7. The molecule has 0 aliphatic heterocycles. The third-order valence-corrected chi connectivity index (χ3v) is 7.08. The number of hydrogen-bond donors (Lipinski definition) is 3. The van der Waals surface area contributed by atoms with Crippen LogP contribution < -0.4 is 15.9 Å². The van der Waals surface area contributed by atoms with Crippen molar-refractivity contribution in [3.05, 3.63) is 78.2 Å². The zero-order chi connectivity index (χ0) is 23.7. The molecule has 34 heavy (non-hydrogen) atoms. The first-order valence-corrected chi connectivity index (χ1v) is 13.5. The van der Waals surface area contributed by atoms with Crippen molar-refractivity contribution < 1.29 is 4.57 Å². The molecule has 5 rings (SSSR count). The molecule has 0 amide bonds. The standard InChI is InChI=1S/C24H21ClN7OP/c1-34(2,33)21-6-4-3-5-20(21)29-23-18(25)14-27-24(30-23)28-16-7-8-19-17(13-16)22(32-31-19)15-9-11-26-12-10-15/h3-14H,1-2H3,(H,31,32)(H2,27,28,29,30). The number of H-pyrrole nitrogens is 1. The molecule has 0 atom stereocenters. The van der Waals surface area contributed by atoms with E-state index < -0.39 is 7.14 Å². The minimum absolute atomic E-state index is 0.354. The molecule has 2 aromatic carbocycles. The van der Waals surface area contributed by atoms with E-state index in [9.17, 15) is 4.57 Å². The van der Waals surface area contributed by atoms with E-state index in [0.717, 1.165) is 33.2 Å². The summed E-state index contributed by atoms with van der Waals surface area (Å²) in [5.41, 5.74) is 4.21. The Bertz CT molecular complexity index is 1530. The highest BCUT2D eigenvalue weighted by atomic mass is 35.5. The zero-order valence-electron chi connectivity index (χ0n) is 18.5. The van der Waals surface area contributed by atoms with E-state index in [2.05, 4.69) is 35.8 Å². The van der Waals surface area contributed by atoms with Crippen LogP contribution in [-0.4, -0.2) is 38.5 Å². The minimum Gasteiger partial charge on any atom is -0.338 e. The Kier molecular flexibility index (Phi) is 5.77. The van der Waals surface area contributed by atoms with Crippen LogP contribution in [0.15, 0.2) is 73.2 Å². The SMILES string of the molecule is CP(C)(=O)c1ccccc1Nc1nc(Nc2ccc3[nH]nc(-c4ccncc4)c3c2)ncc1Cl. The molecule has 5 aromatic rings. The maximum absolute atomic E-state index is 12.7. The highest BCUT2D eigenvalue weighted by molar-refractivity contribution is 7.70. The summed E-state index contributed by atoms with van der Waals surface area (Å²) in [6.45, 7) is 3.46. The second-order valence-electron chi connectivity index (χ2n) is 8.08. The van der Waals surface area contributed by atoms with E-state index in [1.54, 1.807) is 25.7 Å². The second kappa shape index (κ2) is 8.89. The molecule has 0 spiro atoms. The fourth-order valence-electron chi connectivity index (χ4n) is 3.64.